The van der Waals surface area contributed by atoms with Crippen LogP contribution in [0.2, 0.25) is 0 Å². The molecular formula is C26H26P+. The summed E-state index contributed by atoms with van der Waals surface area (Å²) in [7, 11) is -1.97. The predicted octanol–water partition coefficient (Wildman–Crippen LogP) is 5.52. The van der Waals surface area contributed by atoms with Crippen LogP contribution >= 0.6 is 7.26 Å². The van der Waals surface area contributed by atoms with Crippen LogP contribution in [0.3, 0.4) is 0 Å². The Kier molecular flexibility index (Phi) is 5.72. The molecule has 4 rings (SSSR count). The number of hydrogen-bond donors (Lipinski definition) is 0. The Morgan fingerprint density at radius 3 is 1.44 bits per heavy atom. The van der Waals surface area contributed by atoms with E-state index < -0.39 is 7.26 Å². The van der Waals surface area contributed by atoms with Gasteiger partial charge in [0.25, 0.3) is 0 Å². The average Bonchev–Trinajstić information content (AvgIpc) is 3.27. The average molecular weight is 369 g/mol. The second-order valence-corrected chi connectivity index (χ2v) is 10.4. The monoisotopic (exact) mass is 369 g/mol. The van der Waals surface area contributed by atoms with Crippen molar-refractivity contribution >= 4 is 23.2 Å². The maximum atomic E-state index is 3.87. The molecule has 27 heavy (non-hydrogen) atoms. The molecule has 0 atom stereocenters. The molecule has 1 aliphatic carbocycles. The van der Waals surface area contributed by atoms with E-state index in [1.807, 2.05) is 0 Å². The summed E-state index contributed by atoms with van der Waals surface area (Å²) >= 11 is 0. The van der Waals surface area contributed by atoms with Gasteiger partial charge in [0.1, 0.15) is 15.9 Å². The molecule has 0 amide bonds. The third kappa shape index (κ3) is 3.85. The smallest absolute Gasteiger partial charge is 0.0620 e. The topological polar surface area (TPSA) is 0 Å². The van der Waals surface area contributed by atoms with Crippen LogP contribution in [0.5, 0.6) is 0 Å². The minimum atomic E-state index is -1.97. The van der Waals surface area contributed by atoms with E-state index in [2.05, 4.69) is 103 Å². The number of hydrogen-bond acceptors (Lipinski definition) is 0. The fourth-order valence-corrected chi connectivity index (χ4v) is 7.59. The van der Waals surface area contributed by atoms with Gasteiger partial charge >= 0.3 is 0 Å². The first kappa shape index (κ1) is 18.0. The summed E-state index contributed by atoms with van der Waals surface area (Å²) < 4.78 is 0. The van der Waals surface area contributed by atoms with E-state index in [0.29, 0.717) is 0 Å². The molecule has 0 aromatic heterocycles. The van der Waals surface area contributed by atoms with Crippen LogP contribution in [0.15, 0.2) is 91.0 Å². The molecule has 0 nitrogen and oxygen atoms in total. The second kappa shape index (κ2) is 8.56. The molecule has 0 bridgehead atoms. The fourth-order valence-electron chi connectivity index (χ4n) is 4.12. The lowest BCUT2D eigenvalue weighted by Crippen LogP contribution is -2.29. The Labute approximate surface area is 164 Å². The van der Waals surface area contributed by atoms with Crippen LogP contribution in [-0.4, -0.2) is 0 Å². The van der Waals surface area contributed by atoms with E-state index in [1.54, 1.807) is 0 Å². The molecule has 0 aliphatic heterocycles. The van der Waals surface area contributed by atoms with Gasteiger partial charge in [-0.3, -0.25) is 0 Å². The minimum absolute atomic E-state index is 0.793. The molecule has 1 saturated carbocycles. The lowest BCUT2D eigenvalue weighted by molar-refractivity contribution is 0.567. The van der Waals surface area contributed by atoms with Crippen molar-refractivity contribution in [1.82, 2.24) is 0 Å². The van der Waals surface area contributed by atoms with Crippen molar-refractivity contribution in [3.8, 4) is 11.6 Å². The van der Waals surface area contributed by atoms with Crippen LogP contribution in [0.25, 0.3) is 0 Å². The molecule has 3 aromatic rings. The van der Waals surface area contributed by atoms with Crippen LogP contribution in [0.1, 0.15) is 32.1 Å². The molecule has 1 fully saturated rings. The molecule has 1 aliphatic rings. The fraction of sp³-hybridized carbons (Fsp3) is 0.231. The van der Waals surface area contributed by atoms with Crippen LogP contribution < -0.4 is 15.9 Å². The highest BCUT2D eigenvalue weighted by Crippen LogP contribution is 2.54. The lowest BCUT2D eigenvalue weighted by Gasteiger charge is -2.21. The van der Waals surface area contributed by atoms with E-state index >= 15 is 0 Å². The predicted molar refractivity (Wildman–Crippen MR) is 119 cm³/mol. The first-order valence-corrected chi connectivity index (χ1v) is 11.7. The molecule has 0 unspecified atom stereocenters. The van der Waals surface area contributed by atoms with E-state index in [0.717, 1.165) is 12.3 Å². The van der Waals surface area contributed by atoms with Gasteiger partial charge in [-0.15, -0.1) is 0 Å². The quantitative estimate of drug-likeness (QED) is 0.419. The summed E-state index contributed by atoms with van der Waals surface area (Å²) in [6, 6.07) is 32.7. The van der Waals surface area contributed by atoms with Gasteiger partial charge in [0.15, 0.2) is 7.26 Å². The Morgan fingerprint density at radius 1 is 0.630 bits per heavy atom. The molecule has 0 saturated heterocycles. The van der Waals surface area contributed by atoms with Gasteiger partial charge in [-0.2, -0.15) is 0 Å². The largest absolute Gasteiger partial charge is 0.189 e. The number of rotatable bonds is 4. The Balaban J connectivity index is 1.88. The van der Waals surface area contributed by atoms with Gasteiger partial charge < -0.3 is 0 Å². The summed E-state index contributed by atoms with van der Waals surface area (Å²) in [5, 5.41) is 4.05. The first-order chi connectivity index (χ1) is 13.4. The lowest BCUT2D eigenvalue weighted by atomic mass is 10.1. The van der Waals surface area contributed by atoms with Crippen molar-refractivity contribution in [2.24, 2.45) is 5.92 Å². The van der Waals surface area contributed by atoms with Gasteiger partial charge in [-0.1, -0.05) is 73.4 Å². The van der Waals surface area contributed by atoms with E-state index in [4.69, 9.17) is 0 Å². The summed E-state index contributed by atoms with van der Waals surface area (Å²) in [5.74, 6) is 4.46. The summed E-state index contributed by atoms with van der Waals surface area (Å²) in [6.45, 7) is 0. The second-order valence-electron chi connectivity index (χ2n) is 7.32. The highest BCUT2D eigenvalue weighted by Gasteiger charge is 2.44. The molecule has 3 aromatic carbocycles. The first-order valence-electron chi connectivity index (χ1n) is 9.95. The number of benzene rings is 3. The zero-order valence-electron chi connectivity index (χ0n) is 15.7. The third-order valence-electron chi connectivity index (χ3n) is 5.54. The normalized spacial score (nSPS) is 14.5. The maximum Gasteiger partial charge on any atom is 0.189 e. The van der Waals surface area contributed by atoms with Crippen LogP contribution in [0, 0.1) is 17.5 Å². The molecule has 1 heteroatoms. The maximum absolute atomic E-state index is 3.87. The summed E-state index contributed by atoms with van der Waals surface area (Å²) in [6.07, 6.45) is 6.49. The SMILES string of the molecule is C(#C[P+](c1ccccc1)(c1ccccc1)c1ccccc1)CC1CCCC1. The van der Waals surface area contributed by atoms with Crippen molar-refractivity contribution < 1.29 is 0 Å². The van der Waals surface area contributed by atoms with Gasteiger partial charge in [-0.05, 0) is 55.2 Å². The van der Waals surface area contributed by atoms with Crippen LogP contribution in [0.4, 0.5) is 0 Å². The minimum Gasteiger partial charge on any atom is -0.0620 e. The van der Waals surface area contributed by atoms with Crippen molar-refractivity contribution in [3.63, 3.8) is 0 Å². The summed E-state index contributed by atoms with van der Waals surface area (Å²) in [4.78, 5) is 0. The van der Waals surface area contributed by atoms with Crippen molar-refractivity contribution in [1.29, 1.82) is 0 Å². The molecule has 0 heterocycles. The van der Waals surface area contributed by atoms with Gasteiger partial charge in [-0.25, -0.2) is 0 Å². The van der Waals surface area contributed by atoms with Crippen molar-refractivity contribution in [2.45, 2.75) is 32.1 Å². The molecule has 0 spiro atoms. The Morgan fingerprint density at radius 2 is 1.04 bits per heavy atom. The standard InChI is InChI=1S/C26H26P/c1-4-16-24(17-5-1)27(25-18-6-2-7-19-25,26-20-8-3-9-21-26)22-12-15-23-13-10-11-14-23/h1-9,16-21,23H,10-11,13-15H2/q+1. The third-order valence-corrected chi connectivity index (χ3v) is 9.25. The Hall–Kier alpha value is -2.35. The summed E-state index contributed by atoms with van der Waals surface area (Å²) in [5.41, 5.74) is 3.87. The van der Waals surface area contributed by atoms with E-state index in [-0.39, 0.29) is 0 Å². The van der Waals surface area contributed by atoms with Crippen LogP contribution in [-0.2, 0) is 0 Å². The van der Waals surface area contributed by atoms with E-state index in [9.17, 15) is 0 Å². The molecule has 0 N–H and O–H groups in total. The highest BCUT2D eigenvalue weighted by atomic mass is 31.2. The van der Waals surface area contributed by atoms with Gasteiger partial charge in [0.05, 0.1) is 5.66 Å². The van der Waals surface area contributed by atoms with Crippen molar-refractivity contribution in [3.05, 3.63) is 91.0 Å². The highest BCUT2D eigenvalue weighted by molar-refractivity contribution is 7.99. The molecular weight excluding hydrogens is 343 g/mol. The Bertz CT molecular complexity index is 801. The molecule has 0 radical (unpaired) electrons. The van der Waals surface area contributed by atoms with Crippen molar-refractivity contribution in [2.75, 3.05) is 0 Å². The zero-order chi connectivity index (χ0) is 18.4. The van der Waals surface area contributed by atoms with Gasteiger partial charge in [0, 0.05) is 6.42 Å². The molecule has 134 valence electrons. The van der Waals surface area contributed by atoms with E-state index in [1.165, 1.54) is 41.6 Å². The zero-order valence-corrected chi connectivity index (χ0v) is 16.6. The van der Waals surface area contributed by atoms with Gasteiger partial charge in [0.2, 0.25) is 0 Å².